The van der Waals surface area contributed by atoms with E-state index in [0.29, 0.717) is 6.07 Å². The Hall–Kier alpha value is -1.44. The SMILES string of the molecule is CCOC(=O)c1c(C(F)(F)F)cc(Cl)nc1C(F)F. The molecule has 0 atom stereocenters. The van der Waals surface area contributed by atoms with Crippen LogP contribution in [0.5, 0.6) is 0 Å². The minimum absolute atomic E-state index is 0.262. The Labute approximate surface area is 109 Å². The van der Waals surface area contributed by atoms with Crippen molar-refractivity contribution >= 4 is 17.6 Å². The minimum Gasteiger partial charge on any atom is -0.462 e. The van der Waals surface area contributed by atoms with E-state index in [0.717, 1.165) is 0 Å². The van der Waals surface area contributed by atoms with Crippen molar-refractivity contribution in [3.05, 3.63) is 28.0 Å². The molecule has 3 nitrogen and oxygen atoms in total. The van der Waals surface area contributed by atoms with Crippen molar-refractivity contribution in [1.29, 1.82) is 0 Å². The Bertz CT molecular complexity index is 490. The average molecular weight is 304 g/mol. The van der Waals surface area contributed by atoms with Gasteiger partial charge in [-0.25, -0.2) is 18.6 Å². The molecule has 1 heterocycles. The normalized spacial score (nSPS) is 11.8. The number of hydrogen-bond donors (Lipinski definition) is 0. The molecule has 0 saturated heterocycles. The molecule has 19 heavy (non-hydrogen) atoms. The van der Waals surface area contributed by atoms with Crippen LogP contribution in [-0.2, 0) is 10.9 Å². The molecule has 0 spiro atoms. The summed E-state index contributed by atoms with van der Waals surface area (Å²) in [6.07, 6.45) is -8.42. The summed E-state index contributed by atoms with van der Waals surface area (Å²) in [7, 11) is 0. The van der Waals surface area contributed by atoms with E-state index in [4.69, 9.17) is 11.6 Å². The molecule has 1 aromatic heterocycles. The van der Waals surface area contributed by atoms with E-state index < -0.39 is 40.5 Å². The molecule has 0 aliphatic rings. The second-order valence-corrected chi connectivity index (χ2v) is 3.66. The Kier molecular flexibility index (Phi) is 4.67. The monoisotopic (exact) mass is 303 g/mol. The fourth-order valence-corrected chi connectivity index (χ4v) is 1.53. The highest BCUT2D eigenvalue weighted by Crippen LogP contribution is 2.37. The molecular formula is C10H7ClF5NO2. The zero-order valence-electron chi connectivity index (χ0n) is 9.39. The van der Waals surface area contributed by atoms with Crippen LogP contribution in [0.3, 0.4) is 0 Å². The van der Waals surface area contributed by atoms with Crippen molar-refractivity contribution < 1.29 is 31.5 Å². The van der Waals surface area contributed by atoms with E-state index in [1.54, 1.807) is 0 Å². The predicted molar refractivity (Wildman–Crippen MR) is 55.2 cm³/mol. The maximum Gasteiger partial charge on any atom is 0.417 e. The number of alkyl halides is 5. The molecular weight excluding hydrogens is 297 g/mol. The molecule has 106 valence electrons. The van der Waals surface area contributed by atoms with Crippen LogP contribution in [0.25, 0.3) is 0 Å². The Balaban J connectivity index is 3.57. The number of nitrogens with zero attached hydrogens (tertiary/aromatic N) is 1. The van der Waals surface area contributed by atoms with Crippen LogP contribution >= 0.6 is 11.6 Å². The third kappa shape index (κ3) is 3.52. The molecule has 1 rings (SSSR count). The van der Waals surface area contributed by atoms with E-state index in [1.165, 1.54) is 6.92 Å². The molecule has 0 aromatic carbocycles. The first-order valence-corrected chi connectivity index (χ1v) is 5.29. The highest BCUT2D eigenvalue weighted by atomic mass is 35.5. The molecule has 0 aliphatic carbocycles. The Morgan fingerprint density at radius 1 is 1.47 bits per heavy atom. The maximum atomic E-state index is 12.7. The number of carbonyl (C=O) groups is 1. The molecule has 9 heteroatoms. The van der Waals surface area contributed by atoms with Crippen LogP contribution in [0.15, 0.2) is 6.07 Å². The number of carbonyl (C=O) groups excluding carboxylic acids is 1. The summed E-state index contributed by atoms with van der Waals surface area (Å²) < 4.78 is 67.9. The fourth-order valence-electron chi connectivity index (χ4n) is 1.33. The second kappa shape index (κ2) is 5.68. The molecule has 0 unspecified atom stereocenters. The third-order valence-electron chi connectivity index (χ3n) is 2.01. The van der Waals surface area contributed by atoms with E-state index in [2.05, 4.69) is 9.72 Å². The molecule has 1 aromatic rings. The summed E-state index contributed by atoms with van der Waals surface area (Å²) in [5.74, 6) is -1.52. The standard InChI is InChI=1S/C10H7ClF5NO2/c1-2-19-9(18)6-4(10(14,15)16)3-5(11)17-7(6)8(12)13/h3,8H,2H2,1H3. The molecule has 0 saturated carbocycles. The molecule has 0 N–H and O–H groups in total. The van der Waals surface area contributed by atoms with Crippen LogP contribution in [0.1, 0.15) is 35.0 Å². The van der Waals surface area contributed by atoms with E-state index in [-0.39, 0.29) is 6.61 Å². The van der Waals surface area contributed by atoms with Gasteiger partial charge in [-0.05, 0) is 13.0 Å². The van der Waals surface area contributed by atoms with Gasteiger partial charge in [-0.2, -0.15) is 13.2 Å². The summed E-state index contributed by atoms with van der Waals surface area (Å²) in [6, 6.07) is 0.305. The van der Waals surface area contributed by atoms with Crippen LogP contribution in [0.4, 0.5) is 22.0 Å². The van der Waals surface area contributed by atoms with Crippen LogP contribution in [0.2, 0.25) is 5.15 Å². The number of halogens is 6. The van der Waals surface area contributed by atoms with Gasteiger partial charge < -0.3 is 4.74 Å². The van der Waals surface area contributed by atoms with Gasteiger partial charge in [0.1, 0.15) is 10.8 Å². The minimum atomic E-state index is -5.03. The summed E-state index contributed by atoms with van der Waals surface area (Å²) in [4.78, 5) is 14.5. The van der Waals surface area contributed by atoms with Gasteiger partial charge in [0.2, 0.25) is 0 Å². The van der Waals surface area contributed by atoms with Gasteiger partial charge in [-0.1, -0.05) is 11.6 Å². The van der Waals surface area contributed by atoms with Gasteiger partial charge in [0.15, 0.2) is 0 Å². The second-order valence-electron chi connectivity index (χ2n) is 3.27. The predicted octanol–water partition coefficient (Wildman–Crippen LogP) is 3.87. The lowest BCUT2D eigenvalue weighted by Crippen LogP contribution is -2.19. The van der Waals surface area contributed by atoms with Gasteiger partial charge >= 0.3 is 12.1 Å². The smallest absolute Gasteiger partial charge is 0.417 e. The zero-order chi connectivity index (χ0) is 14.8. The summed E-state index contributed by atoms with van der Waals surface area (Å²) in [6.45, 7) is 1.07. The van der Waals surface area contributed by atoms with E-state index in [1.807, 2.05) is 0 Å². The quantitative estimate of drug-likeness (QED) is 0.483. The summed E-state index contributed by atoms with van der Waals surface area (Å²) in [5.41, 5.74) is -4.26. The average Bonchev–Trinajstić information content (AvgIpc) is 2.26. The van der Waals surface area contributed by atoms with E-state index in [9.17, 15) is 26.7 Å². The van der Waals surface area contributed by atoms with Crippen molar-refractivity contribution in [3.8, 4) is 0 Å². The highest BCUT2D eigenvalue weighted by Gasteiger charge is 2.39. The lowest BCUT2D eigenvalue weighted by Gasteiger charge is -2.15. The van der Waals surface area contributed by atoms with Gasteiger partial charge in [-0.15, -0.1) is 0 Å². The third-order valence-corrected chi connectivity index (χ3v) is 2.20. The van der Waals surface area contributed by atoms with Crippen molar-refractivity contribution in [2.45, 2.75) is 19.5 Å². The topological polar surface area (TPSA) is 39.2 Å². The van der Waals surface area contributed by atoms with Crippen LogP contribution < -0.4 is 0 Å². The molecule has 0 fully saturated rings. The van der Waals surface area contributed by atoms with Gasteiger partial charge in [-0.3, -0.25) is 0 Å². The van der Waals surface area contributed by atoms with Crippen molar-refractivity contribution in [2.75, 3.05) is 6.61 Å². The molecule has 0 bridgehead atoms. The van der Waals surface area contributed by atoms with Crippen molar-refractivity contribution in [3.63, 3.8) is 0 Å². The highest BCUT2D eigenvalue weighted by molar-refractivity contribution is 6.29. The number of ether oxygens (including phenoxy) is 1. The number of hydrogen-bond acceptors (Lipinski definition) is 3. The number of aromatic nitrogens is 1. The molecule has 0 aliphatic heterocycles. The van der Waals surface area contributed by atoms with Crippen molar-refractivity contribution in [2.24, 2.45) is 0 Å². The maximum absolute atomic E-state index is 12.7. The van der Waals surface area contributed by atoms with Crippen LogP contribution in [-0.4, -0.2) is 17.6 Å². The summed E-state index contributed by atoms with van der Waals surface area (Å²) in [5, 5.41) is -0.782. The van der Waals surface area contributed by atoms with Gasteiger partial charge in [0, 0.05) is 0 Å². The van der Waals surface area contributed by atoms with Crippen molar-refractivity contribution in [1.82, 2.24) is 4.98 Å². The number of rotatable bonds is 3. The Morgan fingerprint density at radius 3 is 2.47 bits per heavy atom. The fraction of sp³-hybridized carbons (Fsp3) is 0.400. The number of esters is 1. The largest absolute Gasteiger partial charge is 0.462 e. The lowest BCUT2D eigenvalue weighted by atomic mass is 10.1. The molecule has 0 radical (unpaired) electrons. The van der Waals surface area contributed by atoms with E-state index >= 15 is 0 Å². The van der Waals surface area contributed by atoms with Gasteiger partial charge in [0.05, 0.1) is 17.7 Å². The van der Waals surface area contributed by atoms with Gasteiger partial charge in [0.25, 0.3) is 6.43 Å². The first-order valence-electron chi connectivity index (χ1n) is 4.91. The van der Waals surface area contributed by atoms with Crippen LogP contribution in [0, 0.1) is 0 Å². The Morgan fingerprint density at radius 2 is 2.05 bits per heavy atom. The number of pyridine rings is 1. The first kappa shape index (κ1) is 15.6. The molecule has 0 amide bonds. The first-order chi connectivity index (χ1) is 8.68. The lowest BCUT2D eigenvalue weighted by molar-refractivity contribution is -0.138. The zero-order valence-corrected chi connectivity index (χ0v) is 10.1. The summed E-state index contributed by atoms with van der Waals surface area (Å²) >= 11 is 5.26.